The first-order chi connectivity index (χ1) is 9.29. The van der Waals surface area contributed by atoms with Gasteiger partial charge in [-0.15, -0.1) is 0 Å². The van der Waals surface area contributed by atoms with Crippen molar-refractivity contribution in [1.29, 1.82) is 0 Å². The summed E-state index contributed by atoms with van der Waals surface area (Å²) in [6.45, 7) is 4.26. The lowest BCUT2D eigenvalue weighted by atomic mass is 10.0. The fourth-order valence-electron chi connectivity index (χ4n) is 2.57. The van der Waals surface area contributed by atoms with Crippen LogP contribution >= 0.6 is 0 Å². The topological polar surface area (TPSA) is 51.2 Å². The van der Waals surface area contributed by atoms with Gasteiger partial charge in [0.15, 0.2) is 0 Å². The molecule has 0 radical (unpaired) electrons. The van der Waals surface area contributed by atoms with Crippen LogP contribution in [0, 0.1) is 6.92 Å². The molecule has 0 amide bonds. The van der Waals surface area contributed by atoms with Crippen LogP contribution in [-0.2, 0) is 0 Å². The van der Waals surface area contributed by atoms with Gasteiger partial charge in [-0.1, -0.05) is 58.3 Å². The zero-order chi connectivity index (χ0) is 13.9. The van der Waals surface area contributed by atoms with E-state index in [0.717, 1.165) is 12.2 Å². The molecule has 1 aromatic rings. The second kappa shape index (κ2) is 10.0. The molecule has 3 N–H and O–H groups in total. The van der Waals surface area contributed by atoms with Gasteiger partial charge in [0.2, 0.25) is 0 Å². The van der Waals surface area contributed by atoms with E-state index in [2.05, 4.69) is 12.3 Å². The average Bonchev–Trinajstić information content (AvgIpc) is 2.83. The second-order valence-electron chi connectivity index (χ2n) is 5.41. The highest BCUT2D eigenvalue weighted by atomic mass is 16.3. The Morgan fingerprint density at radius 3 is 2.26 bits per heavy atom. The van der Waals surface area contributed by atoms with Gasteiger partial charge in [-0.25, -0.2) is 0 Å². The molecule has 0 aliphatic heterocycles. The second-order valence-corrected chi connectivity index (χ2v) is 5.41. The van der Waals surface area contributed by atoms with Crippen molar-refractivity contribution < 1.29 is 4.42 Å². The molecule has 0 bridgehead atoms. The van der Waals surface area contributed by atoms with Crippen molar-refractivity contribution in [3.63, 3.8) is 0 Å². The van der Waals surface area contributed by atoms with Gasteiger partial charge in [0.1, 0.15) is 5.76 Å². The van der Waals surface area contributed by atoms with Crippen molar-refractivity contribution in [2.45, 2.75) is 77.7 Å². The minimum atomic E-state index is 0.235. The third-order valence-electron chi connectivity index (χ3n) is 3.82. The first-order valence-corrected chi connectivity index (χ1v) is 7.79. The van der Waals surface area contributed by atoms with E-state index >= 15 is 0 Å². The quantitative estimate of drug-likeness (QED) is 0.349. The lowest BCUT2D eigenvalue weighted by Crippen LogP contribution is -2.28. The Kier molecular flexibility index (Phi) is 8.59. The number of aryl methyl sites for hydroxylation is 1. The molecular formula is C16H30N2O. The Bertz CT molecular complexity index is 322. The fraction of sp³-hybridized carbons (Fsp3) is 0.750. The van der Waals surface area contributed by atoms with Crippen LogP contribution in [-0.4, -0.2) is 0 Å². The third-order valence-corrected chi connectivity index (χ3v) is 3.82. The molecule has 3 nitrogen and oxygen atoms in total. The van der Waals surface area contributed by atoms with Gasteiger partial charge in [-0.05, 0) is 19.4 Å². The van der Waals surface area contributed by atoms with Crippen molar-refractivity contribution in [2.24, 2.45) is 5.84 Å². The Morgan fingerprint density at radius 2 is 1.74 bits per heavy atom. The molecule has 0 saturated heterocycles. The summed E-state index contributed by atoms with van der Waals surface area (Å²) in [5.41, 5.74) is 4.10. The summed E-state index contributed by atoms with van der Waals surface area (Å²) in [6, 6.07) is 2.25. The smallest absolute Gasteiger partial charge is 0.105 e. The SMILES string of the molecule is CCCCCCCCCCC(NN)c1ccoc1C. The minimum absolute atomic E-state index is 0.235. The van der Waals surface area contributed by atoms with Gasteiger partial charge in [0, 0.05) is 11.6 Å². The summed E-state index contributed by atoms with van der Waals surface area (Å²) in [7, 11) is 0. The molecule has 1 heterocycles. The molecule has 0 aliphatic rings. The number of unbranched alkanes of at least 4 members (excludes halogenated alkanes) is 7. The highest BCUT2D eigenvalue weighted by Crippen LogP contribution is 2.23. The van der Waals surface area contributed by atoms with Crippen LogP contribution in [0.2, 0.25) is 0 Å². The van der Waals surface area contributed by atoms with Crippen LogP contribution in [0.15, 0.2) is 16.7 Å². The molecule has 1 unspecified atom stereocenters. The Balaban J connectivity index is 2.09. The van der Waals surface area contributed by atoms with Crippen LogP contribution in [0.1, 0.15) is 82.1 Å². The predicted octanol–water partition coefficient (Wildman–Crippen LogP) is 4.62. The van der Waals surface area contributed by atoms with Crippen molar-refractivity contribution in [3.8, 4) is 0 Å². The number of hydrazine groups is 1. The van der Waals surface area contributed by atoms with Gasteiger partial charge < -0.3 is 4.42 Å². The zero-order valence-corrected chi connectivity index (χ0v) is 12.6. The molecule has 1 atom stereocenters. The molecule has 1 rings (SSSR count). The van der Waals surface area contributed by atoms with Gasteiger partial charge in [-0.2, -0.15) is 0 Å². The largest absolute Gasteiger partial charge is 0.469 e. The normalized spacial score (nSPS) is 12.8. The lowest BCUT2D eigenvalue weighted by Gasteiger charge is -2.15. The van der Waals surface area contributed by atoms with Crippen molar-refractivity contribution in [1.82, 2.24) is 5.43 Å². The molecule has 0 aliphatic carbocycles. The standard InChI is InChI=1S/C16H30N2O/c1-3-4-5-6-7-8-9-10-11-16(18-17)15-12-13-19-14(15)2/h12-13,16,18H,3-11,17H2,1-2H3. The summed E-state index contributed by atoms with van der Waals surface area (Å²) in [5.74, 6) is 6.61. The molecular weight excluding hydrogens is 236 g/mol. The van der Waals surface area contributed by atoms with E-state index in [0.29, 0.717) is 0 Å². The van der Waals surface area contributed by atoms with Crippen molar-refractivity contribution in [2.75, 3.05) is 0 Å². The molecule has 0 fully saturated rings. The molecule has 1 aromatic heterocycles. The molecule has 19 heavy (non-hydrogen) atoms. The number of hydrogen-bond donors (Lipinski definition) is 2. The first kappa shape index (κ1) is 16.3. The Hall–Kier alpha value is -0.800. The fourth-order valence-corrected chi connectivity index (χ4v) is 2.57. The van der Waals surface area contributed by atoms with Crippen LogP contribution in [0.4, 0.5) is 0 Å². The number of hydrogen-bond acceptors (Lipinski definition) is 3. The zero-order valence-electron chi connectivity index (χ0n) is 12.6. The van der Waals surface area contributed by atoms with Crippen molar-refractivity contribution in [3.05, 3.63) is 23.7 Å². The molecule has 0 spiro atoms. The van der Waals surface area contributed by atoms with E-state index < -0.39 is 0 Å². The Labute approximate surface area is 117 Å². The highest BCUT2D eigenvalue weighted by molar-refractivity contribution is 5.19. The van der Waals surface area contributed by atoms with Crippen LogP contribution < -0.4 is 11.3 Å². The summed E-state index contributed by atoms with van der Waals surface area (Å²) in [5, 5.41) is 0. The van der Waals surface area contributed by atoms with Gasteiger partial charge in [0.05, 0.1) is 6.26 Å². The Morgan fingerprint density at radius 1 is 1.11 bits per heavy atom. The van der Waals surface area contributed by atoms with Crippen LogP contribution in [0.5, 0.6) is 0 Å². The minimum Gasteiger partial charge on any atom is -0.469 e. The molecule has 0 aromatic carbocycles. The number of furan rings is 1. The summed E-state index contributed by atoms with van der Waals surface area (Å²) in [6.07, 6.45) is 13.6. The molecule has 0 saturated carbocycles. The van der Waals surface area contributed by atoms with E-state index in [1.807, 2.05) is 13.0 Å². The van der Waals surface area contributed by atoms with Gasteiger partial charge in [0.25, 0.3) is 0 Å². The maximum absolute atomic E-state index is 5.64. The van der Waals surface area contributed by atoms with Crippen LogP contribution in [0.3, 0.4) is 0 Å². The average molecular weight is 266 g/mol. The van der Waals surface area contributed by atoms with E-state index in [9.17, 15) is 0 Å². The summed E-state index contributed by atoms with van der Waals surface area (Å²) >= 11 is 0. The lowest BCUT2D eigenvalue weighted by molar-refractivity contribution is 0.460. The maximum Gasteiger partial charge on any atom is 0.105 e. The molecule has 110 valence electrons. The summed E-state index contributed by atoms with van der Waals surface area (Å²) in [4.78, 5) is 0. The monoisotopic (exact) mass is 266 g/mol. The maximum atomic E-state index is 5.64. The van der Waals surface area contributed by atoms with E-state index in [1.54, 1.807) is 6.26 Å². The van der Waals surface area contributed by atoms with Crippen LogP contribution in [0.25, 0.3) is 0 Å². The number of nitrogens with two attached hydrogens (primary N) is 1. The van der Waals surface area contributed by atoms with E-state index in [-0.39, 0.29) is 6.04 Å². The third kappa shape index (κ3) is 6.26. The number of nitrogens with one attached hydrogen (secondary N) is 1. The molecule has 3 heteroatoms. The van der Waals surface area contributed by atoms with Gasteiger partial charge in [-0.3, -0.25) is 11.3 Å². The highest BCUT2D eigenvalue weighted by Gasteiger charge is 2.13. The first-order valence-electron chi connectivity index (χ1n) is 7.79. The van der Waals surface area contributed by atoms with E-state index in [4.69, 9.17) is 10.3 Å². The summed E-state index contributed by atoms with van der Waals surface area (Å²) < 4.78 is 5.33. The van der Waals surface area contributed by atoms with E-state index in [1.165, 1.54) is 56.9 Å². The van der Waals surface area contributed by atoms with Crippen molar-refractivity contribution >= 4 is 0 Å². The van der Waals surface area contributed by atoms with Gasteiger partial charge >= 0.3 is 0 Å². The number of rotatable bonds is 11. The predicted molar refractivity (Wildman–Crippen MR) is 80.7 cm³/mol.